The highest BCUT2D eigenvalue weighted by molar-refractivity contribution is 7.22. The zero-order chi connectivity index (χ0) is 21.1. The van der Waals surface area contributed by atoms with Gasteiger partial charge in [-0.1, -0.05) is 73.9 Å². The molecule has 2 atom stereocenters. The average Bonchev–Trinajstić information content (AvgIpc) is 3.18. The van der Waals surface area contributed by atoms with E-state index in [1.807, 2.05) is 11.3 Å². The Morgan fingerprint density at radius 3 is 2.70 bits per heavy atom. The fourth-order valence-corrected chi connectivity index (χ4v) is 5.99. The molecule has 30 heavy (non-hydrogen) atoms. The molecule has 2 unspecified atom stereocenters. The van der Waals surface area contributed by atoms with E-state index >= 15 is 0 Å². The van der Waals surface area contributed by atoms with Gasteiger partial charge in [0.1, 0.15) is 0 Å². The lowest BCUT2D eigenvalue weighted by atomic mass is 9.74. The molecule has 4 rings (SSSR count). The van der Waals surface area contributed by atoms with Gasteiger partial charge < -0.3 is 0 Å². The van der Waals surface area contributed by atoms with E-state index in [-0.39, 0.29) is 0 Å². The molecule has 1 heterocycles. The summed E-state index contributed by atoms with van der Waals surface area (Å²) in [6, 6.07) is 18.5. The van der Waals surface area contributed by atoms with Gasteiger partial charge in [0.25, 0.3) is 0 Å². The second-order valence-corrected chi connectivity index (χ2v) is 10.1. The predicted molar refractivity (Wildman–Crippen MR) is 135 cm³/mol. The molecule has 1 heteroatoms. The Hall–Kier alpha value is -2.12. The first-order valence-corrected chi connectivity index (χ1v) is 12.3. The first kappa shape index (κ1) is 21.1. The standard InChI is InChI=1S/C29H34S/c1-5-6-7-10-22-14-15-23(26-17-21(4)13-16-25(26)20(2)3)18-27(22)29-19-24-11-8-9-12-28(24)30-29/h8-9,11-12,14-15,17-19,25-26H,2,5-7,10,13,16H2,1,3-4H3. The summed E-state index contributed by atoms with van der Waals surface area (Å²) in [6.07, 6.45) is 9.93. The summed E-state index contributed by atoms with van der Waals surface area (Å²) < 4.78 is 1.38. The van der Waals surface area contributed by atoms with Crippen LogP contribution < -0.4 is 0 Å². The van der Waals surface area contributed by atoms with Crippen molar-refractivity contribution in [1.29, 1.82) is 0 Å². The number of unbranched alkanes of at least 4 members (excludes halogenated alkanes) is 2. The molecule has 1 aromatic heterocycles. The van der Waals surface area contributed by atoms with Crippen LogP contribution in [0.15, 0.2) is 72.3 Å². The largest absolute Gasteiger partial charge is 0.135 e. The van der Waals surface area contributed by atoms with E-state index in [0.29, 0.717) is 11.8 Å². The van der Waals surface area contributed by atoms with Gasteiger partial charge in [-0.3, -0.25) is 0 Å². The molecule has 0 radical (unpaired) electrons. The maximum atomic E-state index is 4.33. The van der Waals surface area contributed by atoms with Gasteiger partial charge in [0.15, 0.2) is 0 Å². The van der Waals surface area contributed by atoms with E-state index in [9.17, 15) is 0 Å². The van der Waals surface area contributed by atoms with Crippen molar-refractivity contribution in [3.63, 3.8) is 0 Å². The number of benzene rings is 2. The zero-order valence-corrected chi connectivity index (χ0v) is 19.5. The van der Waals surface area contributed by atoms with Crippen LogP contribution in [0.3, 0.4) is 0 Å². The Balaban J connectivity index is 1.79. The van der Waals surface area contributed by atoms with Crippen LogP contribution >= 0.6 is 11.3 Å². The summed E-state index contributed by atoms with van der Waals surface area (Å²) in [5.74, 6) is 1.00. The third-order valence-electron chi connectivity index (χ3n) is 6.64. The highest BCUT2D eigenvalue weighted by Crippen LogP contribution is 2.42. The Kier molecular flexibility index (Phi) is 6.58. The van der Waals surface area contributed by atoms with Gasteiger partial charge >= 0.3 is 0 Å². The number of hydrogen-bond acceptors (Lipinski definition) is 1. The molecular weight excluding hydrogens is 380 g/mol. The monoisotopic (exact) mass is 414 g/mol. The zero-order valence-electron chi connectivity index (χ0n) is 18.7. The maximum absolute atomic E-state index is 4.33. The quantitative estimate of drug-likeness (QED) is 0.267. The fraction of sp³-hybridized carbons (Fsp3) is 0.379. The number of allylic oxidation sites excluding steroid dienone is 3. The smallest absolute Gasteiger partial charge is 0.0358 e. The fourth-order valence-electron chi connectivity index (χ4n) is 4.88. The topological polar surface area (TPSA) is 0 Å². The molecule has 0 nitrogen and oxygen atoms in total. The Morgan fingerprint density at radius 1 is 1.10 bits per heavy atom. The van der Waals surface area contributed by atoms with E-state index in [1.54, 1.807) is 0 Å². The molecule has 3 aromatic rings. The molecule has 0 N–H and O–H groups in total. The second kappa shape index (κ2) is 9.35. The van der Waals surface area contributed by atoms with Crippen molar-refractivity contribution in [2.75, 3.05) is 0 Å². The van der Waals surface area contributed by atoms with Crippen molar-refractivity contribution in [3.8, 4) is 10.4 Å². The van der Waals surface area contributed by atoms with Crippen LogP contribution in [0.2, 0.25) is 0 Å². The van der Waals surface area contributed by atoms with Crippen LogP contribution in [0.4, 0.5) is 0 Å². The average molecular weight is 415 g/mol. The van der Waals surface area contributed by atoms with Gasteiger partial charge in [0.05, 0.1) is 0 Å². The second-order valence-electron chi connectivity index (χ2n) is 9.05. The molecule has 0 aliphatic heterocycles. The Labute approximate surface area is 186 Å². The molecule has 0 saturated heterocycles. The lowest BCUT2D eigenvalue weighted by Crippen LogP contribution is -2.17. The lowest BCUT2D eigenvalue weighted by Gasteiger charge is -2.31. The molecule has 1 aliphatic carbocycles. The number of thiophene rings is 1. The van der Waals surface area contributed by atoms with Gasteiger partial charge in [0.2, 0.25) is 0 Å². The van der Waals surface area contributed by atoms with Crippen LogP contribution in [0.1, 0.15) is 69.9 Å². The molecule has 0 saturated carbocycles. The number of rotatable bonds is 7. The summed E-state index contributed by atoms with van der Waals surface area (Å²) >= 11 is 1.93. The van der Waals surface area contributed by atoms with Crippen molar-refractivity contribution < 1.29 is 0 Å². The summed E-state index contributed by atoms with van der Waals surface area (Å²) in [6.45, 7) is 11.1. The SMILES string of the molecule is C=C(C)C1CCC(C)=CC1c1ccc(CCCCC)c(-c2cc3ccccc3s2)c1. The van der Waals surface area contributed by atoms with E-state index in [4.69, 9.17) is 0 Å². The summed E-state index contributed by atoms with van der Waals surface area (Å²) in [5, 5.41) is 1.36. The highest BCUT2D eigenvalue weighted by atomic mass is 32.1. The Morgan fingerprint density at radius 2 is 1.93 bits per heavy atom. The maximum Gasteiger partial charge on any atom is 0.0358 e. The van der Waals surface area contributed by atoms with Gasteiger partial charge in [0, 0.05) is 15.5 Å². The third-order valence-corrected chi connectivity index (χ3v) is 7.79. The van der Waals surface area contributed by atoms with E-state index in [1.165, 1.54) is 81.3 Å². The Bertz CT molecular complexity index is 1030. The van der Waals surface area contributed by atoms with Crippen molar-refractivity contribution in [2.24, 2.45) is 5.92 Å². The minimum Gasteiger partial charge on any atom is -0.135 e. The number of aryl methyl sites for hydroxylation is 1. The predicted octanol–water partition coefficient (Wildman–Crippen LogP) is 9.32. The van der Waals surface area contributed by atoms with Gasteiger partial charge in [-0.25, -0.2) is 0 Å². The molecule has 1 aliphatic rings. The summed E-state index contributed by atoms with van der Waals surface area (Å²) in [4.78, 5) is 1.41. The van der Waals surface area contributed by atoms with Crippen LogP contribution in [-0.4, -0.2) is 0 Å². The molecule has 2 aromatic carbocycles. The van der Waals surface area contributed by atoms with Crippen molar-refractivity contribution >= 4 is 21.4 Å². The van der Waals surface area contributed by atoms with E-state index in [0.717, 1.165) is 0 Å². The van der Waals surface area contributed by atoms with Crippen molar-refractivity contribution in [2.45, 2.75) is 65.2 Å². The minimum absolute atomic E-state index is 0.453. The summed E-state index contributed by atoms with van der Waals surface area (Å²) in [5.41, 5.74) is 7.24. The molecule has 0 spiro atoms. The first-order valence-electron chi connectivity index (χ1n) is 11.5. The lowest BCUT2D eigenvalue weighted by molar-refractivity contribution is 0.483. The highest BCUT2D eigenvalue weighted by Gasteiger charge is 2.26. The van der Waals surface area contributed by atoms with E-state index < -0.39 is 0 Å². The normalized spacial score (nSPS) is 19.1. The molecular formula is C29H34S. The minimum atomic E-state index is 0.453. The van der Waals surface area contributed by atoms with Gasteiger partial charge in [-0.05, 0) is 85.7 Å². The number of fused-ring (bicyclic) bond motifs is 1. The molecule has 0 fully saturated rings. The van der Waals surface area contributed by atoms with Crippen LogP contribution in [0.25, 0.3) is 20.5 Å². The van der Waals surface area contributed by atoms with Gasteiger partial charge in [-0.2, -0.15) is 0 Å². The van der Waals surface area contributed by atoms with Crippen molar-refractivity contribution in [1.82, 2.24) is 0 Å². The number of hydrogen-bond donors (Lipinski definition) is 0. The molecule has 0 amide bonds. The molecule has 156 valence electrons. The van der Waals surface area contributed by atoms with Crippen LogP contribution in [0, 0.1) is 5.92 Å². The third kappa shape index (κ3) is 4.47. The van der Waals surface area contributed by atoms with Crippen LogP contribution in [-0.2, 0) is 6.42 Å². The summed E-state index contributed by atoms with van der Waals surface area (Å²) in [7, 11) is 0. The van der Waals surface area contributed by atoms with Crippen LogP contribution in [0.5, 0.6) is 0 Å². The van der Waals surface area contributed by atoms with Gasteiger partial charge in [-0.15, -0.1) is 11.3 Å². The van der Waals surface area contributed by atoms with E-state index in [2.05, 4.69) is 82.0 Å². The molecule has 0 bridgehead atoms. The first-order chi connectivity index (χ1) is 14.6. The van der Waals surface area contributed by atoms with Crippen molar-refractivity contribution in [3.05, 3.63) is 83.5 Å².